The van der Waals surface area contributed by atoms with E-state index in [2.05, 4.69) is 17.1 Å². The van der Waals surface area contributed by atoms with Crippen molar-refractivity contribution in [3.63, 3.8) is 0 Å². The number of benzene rings is 2. The lowest BCUT2D eigenvalue weighted by molar-refractivity contribution is -0.142. The lowest BCUT2D eigenvalue weighted by Gasteiger charge is -2.39. The van der Waals surface area contributed by atoms with Gasteiger partial charge in [0.1, 0.15) is 6.04 Å². The zero-order chi connectivity index (χ0) is 30.5. The Bertz CT molecular complexity index is 1350. The third-order valence-corrected chi connectivity index (χ3v) is 9.30. The third kappa shape index (κ3) is 6.84. The van der Waals surface area contributed by atoms with Crippen LogP contribution in [-0.4, -0.2) is 63.8 Å². The van der Waals surface area contributed by atoms with Crippen molar-refractivity contribution in [3.8, 4) is 0 Å². The van der Waals surface area contributed by atoms with E-state index in [9.17, 15) is 24.3 Å². The summed E-state index contributed by atoms with van der Waals surface area (Å²) in [6, 6.07) is 15.7. The maximum absolute atomic E-state index is 13.5. The second-order valence-electron chi connectivity index (χ2n) is 12.5. The van der Waals surface area contributed by atoms with Gasteiger partial charge in [-0.3, -0.25) is 19.3 Å². The van der Waals surface area contributed by atoms with Gasteiger partial charge in [0.15, 0.2) is 0 Å². The summed E-state index contributed by atoms with van der Waals surface area (Å²) >= 11 is 0. The molecule has 3 aliphatic rings. The van der Waals surface area contributed by atoms with Gasteiger partial charge in [0.2, 0.25) is 5.91 Å². The molecule has 0 radical (unpaired) electrons. The monoisotopic (exact) mass is 585 g/mol. The highest BCUT2D eigenvalue weighted by Crippen LogP contribution is 2.37. The first-order valence-corrected chi connectivity index (χ1v) is 15.8. The van der Waals surface area contributed by atoms with E-state index in [-0.39, 0.29) is 29.7 Å². The molecule has 0 spiro atoms. The molecular formula is C35H43N3O5. The van der Waals surface area contributed by atoms with Crippen molar-refractivity contribution >= 4 is 23.7 Å². The van der Waals surface area contributed by atoms with E-state index >= 15 is 0 Å². The fourth-order valence-corrected chi connectivity index (χ4v) is 6.60. The van der Waals surface area contributed by atoms with Crippen LogP contribution in [0.15, 0.2) is 65.9 Å². The molecule has 2 aromatic carbocycles. The number of hydrogen-bond donors (Lipinski definition) is 2. The van der Waals surface area contributed by atoms with Crippen molar-refractivity contribution < 1.29 is 24.3 Å². The molecule has 4 atom stereocenters. The number of nitrogens with one attached hydrogen (secondary N) is 1. The maximum Gasteiger partial charge on any atom is 0.326 e. The van der Waals surface area contributed by atoms with E-state index in [1.807, 2.05) is 37.3 Å². The molecule has 0 bridgehead atoms. The van der Waals surface area contributed by atoms with Crippen LogP contribution < -0.4 is 5.32 Å². The summed E-state index contributed by atoms with van der Waals surface area (Å²) < 4.78 is 0. The van der Waals surface area contributed by atoms with Gasteiger partial charge in [0.05, 0.1) is 17.2 Å². The van der Waals surface area contributed by atoms with Crippen LogP contribution in [0.25, 0.3) is 0 Å². The zero-order valence-electron chi connectivity index (χ0n) is 25.3. The molecule has 2 fully saturated rings. The number of allylic oxidation sites excluding steroid dienone is 1. The van der Waals surface area contributed by atoms with Crippen molar-refractivity contribution in [1.29, 1.82) is 0 Å². The van der Waals surface area contributed by atoms with Gasteiger partial charge in [0.25, 0.3) is 11.8 Å². The normalized spacial score (nSPS) is 21.6. The van der Waals surface area contributed by atoms with E-state index in [1.165, 1.54) is 10.5 Å². The minimum atomic E-state index is -0.840. The minimum Gasteiger partial charge on any atom is -0.480 e. The van der Waals surface area contributed by atoms with Crippen molar-refractivity contribution in [2.24, 2.45) is 11.8 Å². The van der Waals surface area contributed by atoms with Gasteiger partial charge in [-0.2, -0.15) is 0 Å². The summed E-state index contributed by atoms with van der Waals surface area (Å²) in [4.78, 5) is 54.9. The number of carboxylic acids is 1. The lowest BCUT2D eigenvalue weighted by atomic mass is 9.85. The molecule has 3 amide bonds. The first-order chi connectivity index (χ1) is 20.7. The standard InChI is InChI=1S/C35H43N3O5/c1-23-18-20-37(30(35(42)43)22-25-12-4-3-5-13-25)31(26-14-10-15-26)29(21-23)36-32(39)24(2)11-8-9-19-38-33(40)27-16-6-7-17-28(27)34(38)41/h3-7,12-13,16-17,23-24,29-30H,8-11,14-15,18-22H2,1-2H3,(H,36,39)(H,42,43). The number of carbonyl (C=O) groups is 4. The number of unbranched alkanes of at least 4 members (excludes halogenated alkanes) is 1. The second-order valence-corrected chi connectivity index (χ2v) is 12.5. The Morgan fingerprint density at radius 2 is 1.63 bits per heavy atom. The predicted octanol–water partition coefficient (Wildman–Crippen LogP) is 5.44. The Morgan fingerprint density at radius 1 is 0.977 bits per heavy atom. The Hall–Kier alpha value is -3.94. The number of hydrogen-bond acceptors (Lipinski definition) is 5. The number of carbonyl (C=O) groups excluding carboxylic acids is 3. The number of likely N-dealkylation sites (tertiary alicyclic amines) is 1. The van der Waals surface area contributed by atoms with E-state index in [0.29, 0.717) is 55.8 Å². The molecule has 8 heteroatoms. The number of amides is 3. The van der Waals surface area contributed by atoms with Crippen LogP contribution in [0.3, 0.4) is 0 Å². The summed E-state index contributed by atoms with van der Waals surface area (Å²) in [5.41, 5.74) is 4.19. The number of rotatable bonds is 11. The van der Waals surface area contributed by atoms with E-state index in [1.54, 1.807) is 24.3 Å². The molecule has 5 rings (SSSR count). The molecule has 2 N–H and O–H groups in total. The van der Waals surface area contributed by atoms with E-state index in [0.717, 1.165) is 43.4 Å². The fourth-order valence-electron chi connectivity index (χ4n) is 6.60. The highest BCUT2D eigenvalue weighted by atomic mass is 16.4. The molecule has 1 saturated carbocycles. The van der Waals surface area contributed by atoms with Crippen LogP contribution in [0.4, 0.5) is 0 Å². The van der Waals surface area contributed by atoms with Crippen molar-refractivity contribution in [3.05, 3.63) is 82.6 Å². The Labute approximate surface area is 254 Å². The first kappa shape index (κ1) is 30.5. The van der Waals surface area contributed by atoms with Gasteiger partial charge in [-0.15, -0.1) is 0 Å². The lowest BCUT2D eigenvalue weighted by Crippen LogP contribution is -2.49. The summed E-state index contributed by atoms with van der Waals surface area (Å²) in [5, 5.41) is 13.7. The molecule has 1 saturated heterocycles. The van der Waals surface area contributed by atoms with E-state index < -0.39 is 12.0 Å². The molecule has 2 heterocycles. The quantitative estimate of drug-likeness (QED) is 0.269. The van der Waals surface area contributed by atoms with Crippen LogP contribution in [-0.2, 0) is 16.0 Å². The molecule has 8 nitrogen and oxygen atoms in total. The fraction of sp³-hybridized carbons (Fsp3) is 0.486. The predicted molar refractivity (Wildman–Crippen MR) is 164 cm³/mol. The van der Waals surface area contributed by atoms with Crippen LogP contribution in [0, 0.1) is 11.8 Å². The van der Waals surface area contributed by atoms with Gasteiger partial charge in [0, 0.05) is 31.1 Å². The Kier molecular flexibility index (Phi) is 9.63. The van der Waals surface area contributed by atoms with Crippen molar-refractivity contribution in [2.45, 2.75) is 83.7 Å². The van der Waals surface area contributed by atoms with Crippen molar-refractivity contribution in [2.75, 3.05) is 13.1 Å². The van der Waals surface area contributed by atoms with Gasteiger partial charge < -0.3 is 15.3 Å². The molecule has 43 heavy (non-hydrogen) atoms. The molecule has 228 valence electrons. The topological polar surface area (TPSA) is 107 Å². The Balaban J connectivity index is 1.22. The van der Waals surface area contributed by atoms with Gasteiger partial charge in [-0.05, 0) is 74.1 Å². The highest BCUT2D eigenvalue weighted by molar-refractivity contribution is 6.21. The smallest absolute Gasteiger partial charge is 0.326 e. The molecule has 2 aliphatic heterocycles. The van der Waals surface area contributed by atoms with E-state index in [4.69, 9.17) is 0 Å². The first-order valence-electron chi connectivity index (χ1n) is 15.8. The molecule has 4 unspecified atom stereocenters. The number of nitrogens with zero attached hydrogens (tertiary/aromatic N) is 2. The number of imide groups is 1. The third-order valence-electron chi connectivity index (χ3n) is 9.30. The van der Waals surface area contributed by atoms with Gasteiger partial charge in [-0.25, -0.2) is 4.79 Å². The summed E-state index contributed by atoms with van der Waals surface area (Å²) in [6.07, 6.45) is 7.01. The van der Waals surface area contributed by atoms with Gasteiger partial charge in [-0.1, -0.05) is 62.7 Å². The second kappa shape index (κ2) is 13.6. The number of aliphatic carboxylic acids is 1. The van der Waals surface area contributed by atoms with Crippen LogP contribution in [0.5, 0.6) is 0 Å². The van der Waals surface area contributed by atoms with Gasteiger partial charge >= 0.3 is 5.97 Å². The zero-order valence-corrected chi connectivity index (χ0v) is 25.3. The molecule has 0 aromatic heterocycles. The average molecular weight is 586 g/mol. The van der Waals surface area contributed by atoms with Crippen LogP contribution in [0.1, 0.15) is 91.5 Å². The summed E-state index contributed by atoms with van der Waals surface area (Å²) in [7, 11) is 0. The van der Waals surface area contributed by atoms with Crippen LogP contribution in [0.2, 0.25) is 0 Å². The summed E-state index contributed by atoms with van der Waals surface area (Å²) in [6.45, 7) is 5.09. The molecule has 1 aliphatic carbocycles. The summed E-state index contributed by atoms with van der Waals surface area (Å²) in [5.74, 6) is -1.28. The highest BCUT2D eigenvalue weighted by Gasteiger charge is 2.38. The number of carboxylic acid groups (broad SMARTS) is 1. The maximum atomic E-state index is 13.5. The average Bonchev–Trinajstić information content (AvgIpc) is 3.10. The largest absolute Gasteiger partial charge is 0.480 e. The van der Waals surface area contributed by atoms with Crippen LogP contribution >= 0.6 is 0 Å². The SMILES string of the molecule is CC1CCN(C(Cc2ccccc2)C(=O)O)C(=C2CCC2)C(NC(=O)C(C)CCCCN2C(=O)c3ccccc3C2=O)C1. The minimum absolute atomic E-state index is 0.0351. The molecule has 2 aromatic rings. The number of fused-ring (bicyclic) bond motifs is 1. The Morgan fingerprint density at radius 3 is 2.23 bits per heavy atom. The molecular weight excluding hydrogens is 542 g/mol. The van der Waals surface area contributed by atoms with Crippen molar-refractivity contribution in [1.82, 2.24) is 15.1 Å².